The molecule has 0 spiro atoms. The second kappa shape index (κ2) is 7.75. The van der Waals surface area contributed by atoms with E-state index in [1.165, 1.54) is 12.1 Å². The lowest BCUT2D eigenvalue weighted by molar-refractivity contribution is -0.274. The Bertz CT molecular complexity index is 978. The number of fused-ring (bicyclic) bond motifs is 1. The number of hydrogen-bond acceptors (Lipinski definition) is 8. The Labute approximate surface area is 176 Å². The number of nitrogens with zero attached hydrogens (tertiary/aromatic N) is 4. The van der Waals surface area contributed by atoms with Crippen molar-refractivity contribution in [2.24, 2.45) is 0 Å². The van der Waals surface area contributed by atoms with Crippen LogP contribution in [-0.4, -0.2) is 52.4 Å². The summed E-state index contributed by atoms with van der Waals surface area (Å²) in [6, 6.07) is 2.61. The van der Waals surface area contributed by atoms with Crippen molar-refractivity contribution in [3.05, 3.63) is 24.0 Å². The molecule has 31 heavy (non-hydrogen) atoms. The summed E-state index contributed by atoms with van der Waals surface area (Å²) in [5, 5.41) is 9.32. The lowest BCUT2D eigenvalue weighted by Crippen LogP contribution is -2.46. The molecular formula is C19H22F3N7O2. The van der Waals surface area contributed by atoms with Gasteiger partial charge in [-0.05, 0) is 38.8 Å². The number of carbonyl (C=O) groups is 1. The van der Waals surface area contributed by atoms with Gasteiger partial charge in [0.15, 0.2) is 5.82 Å². The Hall–Kier alpha value is -3.31. The predicted octanol–water partition coefficient (Wildman–Crippen LogP) is 2.91. The quantitative estimate of drug-likeness (QED) is 0.656. The summed E-state index contributed by atoms with van der Waals surface area (Å²) in [7, 11) is 1.82. The number of aryl methyl sites for hydroxylation is 1. The first-order valence-corrected chi connectivity index (χ1v) is 9.76. The number of rotatable bonds is 5. The van der Waals surface area contributed by atoms with Crippen molar-refractivity contribution in [2.75, 3.05) is 27.9 Å². The van der Waals surface area contributed by atoms with Gasteiger partial charge < -0.3 is 25.6 Å². The summed E-state index contributed by atoms with van der Waals surface area (Å²) in [6.45, 7) is 3.62. The summed E-state index contributed by atoms with van der Waals surface area (Å²) >= 11 is 0. The second-order valence-corrected chi connectivity index (χ2v) is 7.69. The fourth-order valence-corrected chi connectivity index (χ4v) is 3.52. The third-order valence-electron chi connectivity index (χ3n) is 5.41. The van der Waals surface area contributed by atoms with E-state index < -0.39 is 6.36 Å². The average Bonchev–Trinajstić information content (AvgIpc) is 2.66. The van der Waals surface area contributed by atoms with E-state index in [-0.39, 0.29) is 29.8 Å². The first kappa shape index (κ1) is 20.9. The number of amides is 1. The molecule has 1 saturated carbocycles. The minimum absolute atomic E-state index is 0.0954. The van der Waals surface area contributed by atoms with E-state index in [1.54, 1.807) is 6.92 Å². The molecule has 0 aromatic carbocycles. The Kier molecular flexibility index (Phi) is 5.23. The molecule has 0 unspecified atom stereocenters. The molecule has 4 rings (SSSR count). The fraction of sp³-hybridized carbons (Fsp3) is 0.474. The zero-order valence-corrected chi connectivity index (χ0v) is 17.1. The number of ether oxygens (including phenoxy) is 1. The van der Waals surface area contributed by atoms with Crippen LogP contribution in [-0.2, 0) is 4.79 Å². The number of halogens is 3. The standard InChI is InChI=1S/C19H22F3N7O2/c1-9-15-16(29(3)10(2)17(30)27-15)28-18(24-9)26-12-6-11(7-12)25-14-5-4-13(8-23-14)31-19(20,21)22/h4-5,8,10-12H,6-7H2,1-3H3,(H,23,25)(H,27,30)(H,24,26,28)/t10-,11?,12?/m0/s1. The van der Waals surface area contributed by atoms with Gasteiger partial charge in [-0.1, -0.05) is 0 Å². The maximum Gasteiger partial charge on any atom is 0.573 e. The summed E-state index contributed by atoms with van der Waals surface area (Å²) < 4.78 is 40.4. The van der Waals surface area contributed by atoms with Crippen LogP contribution in [0.3, 0.4) is 0 Å². The zero-order valence-electron chi connectivity index (χ0n) is 17.1. The van der Waals surface area contributed by atoms with Crippen LogP contribution < -0.4 is 25.6 Å². The Morgan fingerprint density at radius 3 is 2.55 bits per heavy atom. The highest BCUT2D eigenvalue weighted by molar-refractivity contribution is 6.03. The Balaban J connectivity index is 1.32. The summed E-state index contributed by atoms with van der Waals surface area (Å²) in [4.78, 5) is 26.8. The number of pyridine rings is 1. The minimum atomic E-state index is -4.74. The number of anilines is 4. The molecule has 0 saturated heterocycles. The fourth-order valence-electron chi connectivity index (χ4n) is 3.52. The number of likely N-dealkylation sites (N-methyl/N-ethyl adjacent to an activating group) is 1. The molecular weight excluding hydrogens is 415 g/mol. The van der Waals surface area contributed by atoms with Gasteiger partial charge in [0, 0.05) is 19.1 Å². The molecule has 0 radical (unpaired) electrons. The van der Waals surface area contributed by atoms with Crippen LogP contribution in [0.15, 0.2) is 18.3 Å². The normalized spacial score (nSPS) is 22.8. The first-order valence-electron chi connectivity index (χ1n) is 9.76. The molecule has 1 aliphatic heterocycles. The van der Waals surface area contributed by atoms with E-state index in [0.717, 1.165) is 19.0 Å². The number of nitrogens with one attached hydrogen (secondary N) is 3. The summed E-state index contributed by atoms with van der Waals surface area (Å²) in [5.41, 5.74) is 1.30. The van der Waals surface area contributed by atoms with Gasteiger partial charge in [-0.3, -0.25) is 4.79 Å². The lowest BCUT2D eigenvalue weighted by atomic mass is 9.87. The van der Waals surface area contributed by atoms with Crippen molar-refractivity contribution in [1.82, 2.24) is 15.0 Å². The van der Waals surface area contributed by atoms with Gasteiger partial charge in [0.25, 0.3) is 0 Å². The third kappa shape index (κ3) is 4.57. The van der Waals surface area contributed by atoms with Gasteiger partial charge >= 0.3 is 6.36 Å². The van der Waals surface area contributed by atoms with E-state index in [9.17, 15) is 18.0 Å². The summed E-state index contributed by atoms with van der Waals surface area (Å²) in [5.74, 6) is 1.18. The Morgan fingerprint density at radius 1 is 1.19 bits per heavy atom. The highest BCUT2D eigenvalue weighted by Gasteiger charge is 2.33. The molecule has 12 heteroatoms. The molecule has 2 aromatic rings. The van der Waals surface area contributed by atoms with Crippen molar-refractivity contribution >= 4 is 29.2 Å². The van der Waals surface area contributed by atoms with E-state index in [0.29, 0.717) is 29.0 Å². The zero-order chi connectivity index (χ0) is 22.3. The van der Waals surface area contributed by atoms with Gasteiger partial charge in [-0.15, -0.1) is 13.2 Å². The molecule has 1 atom stereocenters. The van der Waals surface area contributed by atoms with Gasteiger partial charge in [0.1, 0.15) is 23.3 Å². The van der Waals surface area contributed by atoms with Crippen molar-refractivity contribution < 1.29 is 22.7 Å². The minimum Gasteiger partial charge on any atom is -0.404 e. The number of alkyl halides is 3. The van der Waals surface area contributed by atoms with Crippen LogP contribution in [0.1, 0.15) is 25.5 Å². The molecule has 9 nitrogen and oxygen atoms in total. The third-order valence-corrected chi connectivity index (χ3v) is 5.41. The number of carbonyl (C=O) groups excluding carboxylic acids is 1. The van der Waals surface area contributed by atoms with Crippen molar-refractivity contribution in [3.8, 4) is 5.75 Å². The van der Waals surface area contributed by atoms with E-state index >= 15 is 0 Å². The van der Waals surface area contributed by atoms with Crippen LogP contribution in [0, 0.1) is 6.92 Å². The molecule has 1 fully saturated rings. The van der Waals surface area contributed by atoms with Crippen LogP contribution in [0.5, 0.6) is 5.75 Å². The smallest absolute Gasteiger partial charge is 0.404 e. The van der Waals surface area contributed by atoms with Crippen LogP contribution in [0.25, 0.3) is 0 Å². The van der Waals surface area contributed by atoms with Crippen LogP contribution in [0.2, 0.25) is 0 Å². The van der Waals surface area contributed by atoms with Crippen LogP contribution >= 0.6 is 0 Å². The highest BCUT2D eigenvalue weighted by atomic mass is 19.4. The van der Waals surface area contributed by atoms with E-state index in [2.05, 4.69) is 35.6 Å². The molecule has 0 bridgehead atoms. The van der Waals surface area contributed by atoms with E-state index in [4.69, 9.17) is 0 Å². The van der Waals surface area contributed by atoms with Gasteiger partial charge in [-0.25, -0.2) is 9.97 Å². The van der Waals surface area contributed by atoms with Crippen LogP contribution in [0.4, 0.5) is 36.4 Å². The average molecular weight is 437 g/mol. The van der Waals surface area contributed by atoms with Gasteiger partial charge in [-0.2, -0.15) is 4.98 Å². The lowest BCUT2D eigenvalue weighted by Gasteiger charge is -2.37. The molecule has 3 N–H and O–H groups in total. The Morgan fingerprint density at radius 2 is 1.90 bits per heavy atom. The SMILES string of the molecule is Cc1nc(NC2CC(Nc3ccc(OC(F)(F)F)cn3)C2)nc2c1NC(=O)[C@H](C)N2C. The largest absolute Gasteiger partial charge is 0.573 e. The topological polar surface area (TPSA) is 104 Å². The monoisotopic (exact) mass is 437 g/mol. The predicted molar refractivity (Wildman–Crippen MR) is 108 cm³/mol. The molecule has 2 aliphatic rings. The van der Waals surface area contributed by atoms with Crippen molar-refractivity contribution in [1.29, 1.82) is 0 Å². The second-order valence-electron chi connectivity index (χ2n) is 7.69. The molecule has 166 valence electrons. The van der Waals surface area contributed by atoms with E-state index in [1.807, 2.05) is 18.9 Å². The molecule has 1 amide bonds. The highest BCUT2D eigenvalue weighted by Crippen LogP contribution is 2.33. The first-order chi connectivity index (χ1) is 14.6. The van der Waals surface area contributed by atoms with Crippen molar-refractivity contribution in [3.63, 3.8) is 0 Å². The van der Waals surface area contributed by atoms with Crippen molar-refractivity contribution in [2.45, 2.75) is 51.2 Å². The molecule has 3 heterocycles. The maximum atomic E-state index is 12.2. The maximum absolute atomic E-state index is 12.2. The van der Waals surface area contributed by atoms with Gasteiger partial charge in [0.2, 0.25) is 11.9 Å². The number of hydrogen-bond donors (Lipinski definition) is 3. The number of aromatic nitrogens is 3. The molecule has 1 aliphatic carbocycles. The molecule has 2 aromatic heterocycles. The summed E-state index contributed by atoms with van der Waals surface area (Å²) in [6.07, 6.45) is -2.17. The van der Waals surface area contributed by atoms with Gasteiger partial charge in [0.05, 0.1) is 11.9 Å².